The minimum Gasteiger partial charge on any atom is -0.472 e. The number of nitrogens with one attached hydrogen (secondary N) is 1. The van der Waals surface area contributed by atoms with E-state index in [1.54, 1.807) is 17.6 Å². The van der Waals surface area contributed by atoms with Crippen molar-refractivity contribution in [3.63, 3.8) is 0 Å². The molecular weight excluding hydrogens is 206 g/mol. The Balaban J connectivity index is 2.32. The van der Waals surface area contributed by atoms with Gasteiger partial charge in [-0.25, -0.2) is 0 Å². The van der Waals surface area contributed by atoms with Gasteiger partial charge in [-0.2, -0.15) is 0 Å². The Morgan fingerprint density at radius 1 is 1.47 bits per heavy atom. The summed E-state index contributed by atoms with van der Waals surface area (Å²) in [5.74, 6) is 0. The normalized spacial score (nSPS) is 12.9. The minimum atomic E-state index is 0.264. The zero-order valence-electron chi connectivity index (χ0n) is 8.99. The van der Waals surface area contributed by atoms with Gasteiger partial charge in [-0.05, 0) is 36.5 Å². The van der Waals surface area contributed by atoms with E-state index in [2.05, 4.69) is 30.6 Å². The van der Waals surface area contributed by atoms with Crippen molar-refractivity contribution in [1.82, 2.24) is 5.32 Å². The topological polar surface area (TPSA) is 25.2 Å². The van der Waals surface area contributed by atoms with Gasteiger partial charge < -0.3 is 9.73 Å². The molecule has 0 fully saturated rings. The quantitative estimate of drug-likeness (QED) is 0.856. The number of hydrogen-bond acceptors (Lipinski definition) is 3. The van der Waals surface area contributed by atoms with Gasteiger partial charge in [0.25, 0.3) is 0 Å². The van der Waals surface area contributed by atoms with E-state index in [0.717, 1.165) is 6.54 Å². The number of hydrogen-bond donors (Lipinski definition) is 1. The summed E-state index contributed by atoms with van der Waals surface area (Å²) < 4.78 is 5.14. The molecule has 0 bridgehead atoms. The van der Waals surface area contributed by atoms with Crippen molar-refractivity contribution in [3.8, 4) is 0 Å². The summed E-state index contributed by atoms with van der Waals surface area (Å²) in [7, 11) is 0. The van der Waals surface area contributed by atoms with Crippen LogP contribution in [0, 0.1) is 6.92 Å². The second-order valence-corrected chi connectivity index (χ2v) is 4.60. The lowest BCUT2D eigenvalue weighted by Crippen LogP contribution is -2.21. The molecule has 0 saturated heterocycles. The first-order valence-electron chi connectivity index (χ1n) is 5.12. The molecule has 0 aromatic carbocycles. The molecule has 2 aromatic rings. The third kappa shape index (κ3) is 2.13. The molecule has 1 N–H and O–H groups in total. The smallest absolute Gasteiger partial charge is 0.0953 e. The van der Waals surface area contributed by atoms with Crippen LogP contribution >= 0.6 is 11.3 Å². The summed E-state index contributed by atoms with van der Waals surface area (Å²) >= 11 is 1.79. The lowest BCUT2D eigenvalue weighted by atomic mass is 10.0. The van der Waals surface area contributed by atoms with E-state index in [1.165, 1.54) is 16.0 Å². The largest absolute Gasteiger partial charge is 0.472 e. The van der Waals surface area contributed by atoms with E-state index < -0.39 is 0 Å². The third-order valence-corrected chi connectivity index (χ3v) is 3.36. The van der Waals surface area contributed by atoms with E-state index in [9.17, 15) is 0 Å². The third-order valence-electron chi connectivity index (χ3n) is 2.49. The molecule has 0 aliphatic rings. The molecule has 2 aromatic heterocycles. The Kier molecular flexibility index (Phi) is 3.23. The van der Waals surface area contributed by atoms with E-state index in [4.69, 9.17) is 4.42 Å². The van der Waals surface area contributed by atoms with Gasteiger partial charge in [0.05, 0.1) is 18.6 Å². The molecule has 15 heavy (non-hydrogen) atoms. The van der Waals surface area contributed by atoms with Crippen LogP contribution in [-0.4, -0.2) is 6.54 Å². The van der Waals surface area contributed by atoms with Crippen molar-refractivity contribution in [2.45, 2.75) is 19.9 Å². The fraction of sp³-hybridized carbons (Fsp3) is 0.333. The zero-order chi connectivity index (χ0) is 10.7. The number of thiophene rings is 1. The predicted octanol–water partition coefficient (Wildman–Crippen LogP) is 3.35. The van der Waals surface area contributed by atoms with Gasteiger partial charge in [0.2, 0.25) is 0 Å². The van der Waals surface area contributed by atoms with Crippen LogP contribution in [0.15, 0.2) is 34.5 Å². The average Bonchev–Trinajstić information content (AvgIpc) is 2.85. The fourth-order valence-corrected chi connectivity index (χ4v) is 2.49. The minimum absolute atomic E-state index is 0.264. The standard InChI is InChI=1S/C12H15NOS/c1-3-13-12(10-4-6-14-8-10)11-5-7-15-9(11)2/h4-8,12-13H,3H2,1-2H3. The summed E-state index contributed by atoms with van der Waals surface area (Å²) in [6.07, 6.45) is 3.53. The molecule has 2 nitrogen and oxygen atoms in total. The van der Waals surface area contributed by atoms with Gasteiger partial charge in [0.1, 0.15) is 0 Å². The first-order valence-corrected chi connectivity index (χ1v) is 6.00. The summed E-state index contributed by atoms with van der Waals surface area (Å²) in [6.45, 7) is 5.23. The molecule has 0 saturated carbocycles. The van der Waals surface area contributed by atoms with E-state index in [-0.39, 0.29) is 6.04 Å². The highest BCUT2D eigenvalue weighted by Gasteiger charge is 2.16. The van der Waals surface area contributed by atoms with Crippen molar-refractivity contribution in [2.24, 2.45) is 0 Å². The molecule has 2 rings (SSSR count). The van der Waals surface area contributed by atoms with Crippen molar-refractivity contribution in [3.05, 3.63) is 46.0 Å². The van der Waals surface area contributed by atoms with E-state index in [0.29, 0.717) is 0 Å². The van der Waals surface area contributed by atoms with Crippen LogP contribution < -0.4 is 5.32 Å². The number of rotatable bonds is 4. The van der Waals surface area contributed by atoms with Crippen molar-refractivity contribution in [1.29, 1.82) is 0 Å². The Labute approximate surface area is 93.9 Å². The summed E-state index contributed by atoms with van der Waals surface area (Å²) in [5.41, 5.74) is 2.54. The van der Waals surface area contributed by atoms with Crippen molar-refractivity contribution >= 4 is 11.3 Å². The molecule has 1 unspecified atom stereocenters. The van der Waals surface area contributed by atoms with Crippen molar-refractivity contribution in [2.75, 3.05) is 6.54 Å². The van der Waals surface area contributed by atoms with Crippen molar-refractivity contribution < 1.29 is 4.42 Å². The molecule has 0 amide bonds. The highest BCUT2D eigenvalue weighted by atomic mass is 32.1. The van der Waals surface area contributed by atoms with Gasteiger partial charge in [-0.1, -0.05) is 6.92 Å². The molecule has 0 spiro atoms. The van der Waals surface area contributed by atoms with Crippen LogP contribution in [-0.2, 0) is 0 Å². The fourth-order valence-electron chi connectivity index (χ4n) is 1.75. The molecule has 1 atom stereocenters. The molecule has 3 heteroatoms. The zero-order valence-corrected chi connectivity index (χ0v) is 9.80. The maximum absolute atomic E-state index is 5.14. The lowest BCUT2D eigenvalue weighted by Gasteiger charge is -2.16. The number of aryl methyl sites for hydroxylation is 1. The first kappa shape index (κ1) is 10.5. The monoisotopic (exact) mass is 221 g/mol. The van der Waals surface area contributed by atoms with Crippen LogP contribution in [0.3, 0.4) is 0 Å². The predicted molar refractivity (Wildman–Crippen MR) is 63.3 cm³/mol. The van der Waals surface area contributed by atoms with Crippen LogP contribution in [0.5, 0.6) is 0 Å². The van der Waals surface area contributed by atoms with Crippen LogP contribution in [0.1, 0.15) is 29.0 Å². The Hall–Kier alpha value is -1.06. The number of furan rings is 1. The lowest BCUT2D eigenvalue weighted by molar-refractivity contribution is 0.553. The Bertz CT molecular complexity index is 405. The SMILES string of the molecule is CCNC(c1ccoc1)c1ccsc1C. The second-order valence-electron chi connectivity index (χ2n) is 3.48. The summed E-state index contributed by atoms with van der Waals surface area (Å²) in [5, 5.41) is 5.61. The summed E-state index contributed by atoms with van der Waals surface area (Å²) in [6, 6.07) is 4.46. The van der Waals surface area contributed by atoms with Gasteiger partial charge in [0, 0.05) is 10.4 Å². The Morgan fingerprint density at radius 2 is 2.33 bits per heavy atom. The first-order chi connectivity index (χ1) is 7.33. The van der Waals surface area contributed by atoms with E-state index in [1.807, 2.05) is 12.3 Å². The molecule has 0 aliphatic carbocycles. The molecule has 0 aliphatic heterocycles. The molecular formula is C12H15NOS. The van der Waals surface area contributed by atoms with Gasteiger partial charge in [-0.3, -0.25) is 0 Å². The highest BCUT2D eigenvalue weighted by molar-refractivity contribution is 7.10. The van der Waals surface area contributed by atoms with Gasteiger partial charge in [0.15, 0.2) is 0 Å². The summed E-state index contributed by atoms with van der Waals surface area (Å²) in [4.78, 5) is 1.36. The van der Waals surface area contributed by atoms with E-state index >= 15 is 0 Å². The van der Waals surface area contributed by atoms with Gasteiger partial charge in [-0.15, -0.1) is 11.3 Å². The van der Waals surface area contributed by atoms with Crippen LogP contribution in [0.25, 0.3) is 0 Å². The maximum Gasteiger partial charge on any atom is 0.0953 e. The molecule has 2 heterocycles. The van der Waals surface area contributed by atoms with Crippen LogP contribution in [0.4, 0.5) is 0 Å². The molecule has 80 valence electrons. The molecule has 0 radical (unpaired) electrons. The van der Waals surface area contributed by atoms with Crippen LogP contribution in [0.2, 0.25) is 0 Å². The van der Waals surface area contributed by atoms with Gasteiger partial charge >= 0.3 is 0 Å². The highest BCUT2D eigenvalue weighted by Crippen LogP contribution is 2.28. The average molecular weight is 221 g/mol. The second kappa shape index (κ2) is 4.64. The maximum atomic E-state index is 5.14. The Morgan fingerprint density at radius 3 is 2.87 bits per heavy atom.